The Labute approximate surface area is 132 Å². The summed E-state index contributed by atoms with van der Waals surface area (Å²) in [5, 5.41) is 14.4. The average molecular weight is 314 g/mol. The van der Waals surface area contributed by atoms with Gasteiger partial charge >= 0.3 is 0 Å². The molecule has 0 unspecified atom stereocenters. The number of rotatable bonds is 2. The van der Waals surface area contributed by atoms with Crippen LogP contribution in [-0.2, 0) is 0 Å². The summed E-state index contributed by atoms with van der Waals surface area (Å²) in [6.45, 7) is 0.206. The molecule has 0 aromatic heterocycles. The molecule has 1 aliphatic heterocycles. The minimum Gasteiger partial charge on any atom is -0.352 e. The van der Waals surface area contributed by atoms with Crippen LogP contribution in [0.15, 0.2) is 65.4 Å². The fourth-order valence-corrected chi connectivity index (χ4v) is 2.50. The number of benzodiazepines with no additional fused rings is 1. The van der Waals surface area contributed by atoms with E-state index in [1.807, 2.05) is 36.4 Å². The molecule has 5 nitrogen and oxygen atoms in total. The van der Waals surface area contributed by atoms with Gasteiger partial charge in [0.05, 0.1) is 17.2 Å². The molecule has 1 aliphatic rings. The third-order valence-electron chi connectivity index (χ3n) is 3.25. The first-order valence-electron chi connectivity index (χ1n) is 6.64. The van der Waals surface area contributed by atoms with Crippen molar-refractivity contribution >= 4 is 23.0 Å². The molecule has 22 heavy (non-hydrogen) atoms. The maximum atomic E-state index is 10.7. The zero-order chi connectivity index (χ0) is 15.5. The topological polar surface area (TPSA) is 67.5 Å². The highest BCUT2D eigenvalue weighted by molar-refractivity contribution is 6.31. The van der Waals surface area contributed by atoms with E-state index in [9.17, 15) is 10.1 Å². The largest absolute Gasteiger partial charge is 0.352 e. The van der Waals surface area contributed by atoms with E-state index in [2.05, 4.69) is 10.3 Å². The van der Waals surface area contributed by atoms with Gasteiger partial charge in [0.25, 0.3) is 6.20 Å². The summed E-state index contributed by atoms with van der Waals surface area (Å²) in [4.78, 5) is 14.8. The van der Waals surface area contributed by atoms with Gasteiger partial charge in [0, 0.05) is 21.8 Å². The molecule has 1 heterocycles. The molecular weight excluding hydrogens is 302 g/mol. The lowest BCUT2D eigenvalue weighted by molar-refractivity contribution is -0.403. The van der Waals surface area contributed by atoms with Crippen molar-refractivity contribution in [3.8, 4) is 0 Å². The standard InChI is InChI=1S/C16H12ClN3O2/c17-12-6-7-15-14(8-12)16(11-4-2-1-3-5-11)18-9-13(19-15)10-20(21)22/h1-8,10,19H,9H2. The van der Waals surface area contributed by atoms with Crippen molar-refractivity contribution in [3.05, 3.63) is 86.7 Å². The third kappa shape index (κ3) is 2.99. The molecule has 3 rings (SSSR count). The second kappa shape index (κ2) is 5.99. The fraction of sp³-hybridized carbons (Fsp3) is 0.0625. The Bertz CT molecular complexity index is 785. The predicted molar refractivity (Wildman–Crippen MR) is 87.1 cm³/mol. The Morgan fingerprint density at radius 1 is 1.23 bits per heavy atom. The highest BCUT2D eigenvalue weighted by atomic mass is 35.5. The first kappa shape index (κ1) is 14.3. The van der Waals surface area contributed by atoms with Crippen molar-refractivity contribution in [2.24, 2.45) is 4.99 Å². The van der Waals surface area contributed by atoms with E-state index in [0.29, 0.717) is 10.7 Å². The maximum absolute atomic E-state index is 10.7. The molecule has 2 aromatic rings. The first-order chi connectivity index (χ1) is 10.6. The molecule has 0 atom stereocenters. The summed E-state index contributed by atoms with van der Waals surface area (Å²) in [6, 6.07) is 15.0. The molecule has 6 heteroatoms. The number of aliphatic imine (C=N–C) groups is 1. The van der Waals surface area contributed by atoms with Gasteiger partial charge in [0.15, 0.2) is 0 Å². The van der Waals surface area contributed by atoms with Gasteiger partial charge in [-0.2, -0.15) is 0 Å². The second-order valence-corrected chi connectivity index (χ2v) is 5.22. The van der Waals surface area contributed by atoms with Crippen LogP contribution in [0.3, 0.4) is 0 Å². The predicted octanol–water partition coefficient (Wildman–Crippen LogP) is 3.72. The van der Waals surface area contributed by atoms with Crippen molar-refractivity contribution in [1.29, 1.82) is 0 Å². The van der Waals surface area contributed by atoms with E-state index in [0.717, 1.165) is 28.7 Å². The summed E-state index contributed by atoms with van der Waals surface area (Å²) >= 11 is 6.10. The number of nitrogens with one attached hydrogen (secondary N) is 1. The zero-order valence-corrected chi connectivity index (χ0v) is 12.2. The molecule has 0 bridgehead atoms. The average Bonchev–Trinajstić information content (AvgIpc) is 2.66. The number of hydrogen-bond acceptors (Lipinski definition) is 4. The van der Waals surface area contributed by atoms with Gasteiger partial charge in [-0.1, -0.05) is 41.9 Å². The van der Waals surface area contributed by atoms with E-state index in [1.165, 1.54) is 0 Å². The molecule has 0 spiro atoms. The van der Waals surface area contributed by atoms with E-state index in [4.69, 9.17) is 11.6 Å². The first-order valence-corrected chi connectivity index (χ1v) is 7.02. The zero-order valence-electron chi connectivity index (χ0n) is 11.5. The number of hydrogen-bond donors (Lipinski definition) is 1. The monoisotopic (exact) mass is 313 g/mol. The van der Waals surface area contributed by atoms with E-state index >= 15 is 0 Å². The SMILES string of the molecule is O=[N+]([O-])C=C1CN=C(c2ccccc2)c2cc(Cl)ccc2N1. The fourth-order valence-electron chi connectivity index (χ4n) is 2.33. The van der Waals surface area contributed by atoms with Crippen molar-refractivity contribution in [3.63, 3.8) is 0 Å². The van der Waals surface area contributed by atoms with E-state index in [-0.39, 0.29) is 6.54 Å². The lowest BCUT2D eigenvalue weighted by atomic mass is 10.0. The molecule has 2 aromatic carbocycles. The summed E-state index contributed by atoms with van der Waals surface area (Å²) in [7, 11) is 0. The quantitative estimate of drug-likeness (QED) is 0.678. The highest BCUT2D eigenvalue weighted by Gasteiger charge is 2.18. The normalized spacial score (nSPS) is 15.5. The molecule has 0 aliphatic carbocycles. The molecule has 1 N–H and O–H groups in total. The Balaban J connectivity index is 2.15. The van der Waals surface area contributed by atoms with Gasteiger partial charge in [0.2, 0.25) is 0 Å². The van der Waals surface area contributed by atoms with Crippen LogP contribution in [-0.4, -0.2) is 17.2 Å². The van der Waals surface area contributed by atoms with Gasteiger partial charge < -0.3 is 5.32 Å². The van der Waals surface area contributed by atoms with Crippen molar-refractivity contribution in [2.75, 3.05) is 11.9 Å². The van der Waals surface area contributed by atoms with Gasteiger partial charge in [-0.05, 0) is 18.2 Å². The van der Waals surface area contributed by atoms with Crippen LogP contribution in [0.25, 0.3) is 0 Å². The smallest absolute Gasteiger partial charge is 0.255 e. The van der Waals surface area contributed by atoms with E-state index in [1.54, 1.807) is 12.1 Å². The van der Waals surface area contributed by atoms with Crippen molar-refractivity contribution in [1.82, 2.24) is 0 Å². The number of nitro groups is 1. The van der Waals surface area contributed by atoms with Crippen LogP contribution in [0.4, 0.5) is 5.69 Å². The Kier molecular flexibility index (Phi) is 3.89. The van der Waals surface area contributed by atoms with Crippen LogP contribution >= 0.6 is 11.6 Å². The number of benzene rings is 2. The van der Waals surface area contributed by atoms with Gasteiger partial charge in [0.1, 0.15) is 5.70 Å². The third-order valence-corrected chi connectivity index (χ3v) is 3.48. The number of anilines is 1. The molecule has 0 radical (unpaired) electrons. The lowest BCUT2D eigenvalue weighted by Crippen LogP contribution is -2.05. The van der Waals surface area contributed by atoms with Crippen LogP contribution < -0.4 is 5.32 Å². The van der Waals surface area contributed by atoms with E-state index < -0.39 is 4.92 Å². The summed E-state index contributed by atoms with van der Waals surface area (Å²) in [5.41, 5.74) is 3.70. The number of nitrogens with zero attached hydrogens (tertiary/aromatic N) is 2. The van der Waals surface area contributed by atoms with Gasteiger partial charge in [-0.3, -0.25) is 15.1 Å². The van der Waals surface area contributed by atoms with Crippen LogP contribution in [0.5, 0.6) is 0 Å². The molecule has 0 saturated heterocycles. The van der Waals surface area contributed by atoms with Crippen LogP contribution in [0.1, 0.15) is 11.1 Å². The Morgan fingerprint density at radius 3 is 2.73 bits per heavy atom. The second-order valence-electron chi connectivity index (χ2n) is 4.79. The minimum atomic E-state index is -0.485. The molecular formula is C16H12ClN3O2. The lowest BCUT2D eigenvalue weighted by Gasteiger charge is -2.11. The summed E-state index contributed by atoms with van der Waals surface area (Å²) < 4.78 is 0. The van der Waals surface area contributed by atoms with Gasteiger partial charge in [-0.25, -0.2) is 0 Å². The molecule has 110 valence electrons. The molecule has 0 saturated carbocycles. The van der Waals surface area contributed by atoms with Crippen LogP contribution in [0, 0.1) is 10.1 Å². The number of fused-ring (bicyclic) bond motifs is 1. The Hall–Kier alpha value is -2.66. The summed E-state index contributed by atoms with van der Waals surface area (Å²) in [5.74, 6) is 0. The summed E-state index contributed by atoms with van der Waals surface area (Å²) in [6.07, 6.45) is 0.940. The van der Waals surface area contributed by atoms with Gasteiger partial charge in [-0.15, -0.1) is 0 Å². The maximum Gasteiger partial charge on any atom is 0.255 e. The number of halogens is 1. The van der Waals surface area contributed by atoms with Crippen LogP contribution in [0.2, 0.25) is 5.02 Å². The van der Waals surface area contributed by atoms with Crippen molar-refractivity contribution < 1.29 is 4.92 Å². The highest BCUT2D eigenvalue weighted by Crippen LogP contribution is 2.27. The minimum absolute atomic E-state index is 0.206. The Morgan fingerprint density at radius 2 is 2.00 bits per heavy atom. The molecule has 0 fully saturated rings. The van der Waals surface area contributed by atoms with Crippen molar-refractivity contribution in [2.45, 2.75) is 0 Å². The molecule has 0 amide bonds.